The van der Waals surface area contributed by atoms with Gasteiger partial charge in [-0.1, -0.05) is 30.7 Å². The molecule has 3 saturated carbocycles. The summed E-state index contributed by atoms with van der Waals surface area (Å²) >= 11 is 0. The van der Waals surface area contributed by atoms with Gasteiger partial charge in [-0.2, -0.15) is 0 Å². The average Bonchev–Trinajstić information content (AvgIpc) is 3.41. The lowest BCUT2D eigenvalue weighted by Crippen LogP contribution is -2.41. The quantitative estimate of drug-likeness (QED) is 0.737. The third kappa shape index (κ3) is 4.36. The fraction of sp³-hybridized carbons (Fsp3) is 0.625. The third-order valence-corrected chi connectivity index (χ3v) is 7.24. The van der Waals surface area contributed by atoms with E-state index in [1.165, 1.54) is 32.1 Å². The highest BCUT2D eigenvalue weighted by molar-refractivity contribution is 5.91. The molecule has 0 radical (unpaired) electrons. The van der Waals surface area contributed by atoms with Gasteiger partial charge in [0.15, 0.2) is 5.76 Å². The Hall–Kier alpha value is -1.85. The standard InChI is InChI=1S/C24H31NO4/c26-13-15-1-3-16(4-2-15)14-28-23-12-20(18-7-8-18)11-22(29-23)24(27)25-21-10-17-5-6-19(21)9-17/h1-4,11,17-21,23,26H,5-10,12-14H2,(H,25,27)/t17?,19?,20-,21?,23+/m0/s1. The summed E-state index contributed by atoms with van der Waals surface area (Å²) in [6.45, 7) is 0.483. The highest BCUT2D eigenvalue weighted by Gasteiger charge is 2.42. The molecule has 2 bridgehead atoms. The molecule has 5 atom stereocenters. The number of fused-ring (bicyclic) bond motifs is 2. The minimum atomic E-state index is -0.385. The summed E-state index contributed by atoms with van der Waals surface area (Å²) < 4.78 is 12.0. The van der Waals surface area contributed by atoms with Crippen molar-refractivity contribution in [2.45, 2.75) is 70.5 Å². The SMILES string of the molecule is O=C(NC1CC2CCC1C2)C1=C[C@H](C2CC2)C[C@H](OCc2ccc(CO)cc2)O1. The predicted molar refractivity (Wildman–Crippen MR) is 108 cm³/mol. The summed E-state index contributed by atoms with van der Waals surface area (Å²) in [7, 11) is 0. The number of ether oxygens (including phenoxy) is 2. The van der Waals surface area contributed by atoms with Gasteiger partial charge in [0, 0.05) is 12.5 Å². The van der Waals surface area contributed by atoms with E-state index < -0.39 is 0 Å². The Morgan fingerprint density at radius 2 is 1.79 bits per heavy atom. The minimum absolute atomic E-state index is 0.0435. The van der Waals surface area contributed by atoms with Crippen LogP contribution >= 0.6 is 0 Å². The number of hydrogen-bond acceptors (Lipinski definition) is 4. The van der Waals surface area contributed by atoms with Crippen LogP contribution < -0.4 is 5.32 Å². The molecule has 1 amide bonds. The monoisotopic (exact) mass is 397 g/mol. The van der Waals surface area contributed by atoms with Crippen LogP contribution in [-0.2, 0) is 27.5 Å². The van der Waals surface area contributed by atoms with Crippen LogP contribution in [-0.4, -0.2) is 23.3 Å². The van der Waals surface area contributed by atoms with Gasteiger partial charge < -0.3 is 19.9 Å². The van der Waals surface area contributed by atoms with E-state index in [1.807, 2.05) is 24.3 Å². The molecule has 3 unspecified atom stereocenters. The van der Waals surface area contributed by atoms with Crippen molar-refractivity contribution >= 4 is 5.91 Å². The molecule has 29 heavy (non-hydrogen) atoms. The van der Waals surface area contributed by atoms with Crippen molar-refractivity contribution in [3.63, 3.8) is 0 Å². The summed E-state index contributed by atoms with van der Waals surface area (Å²) in [5, 5.41) is 12.4. The lowest BCUT2D eigenvalue weighted by atomic mass is 9.94. The third-order valence-electron chi connectivity index (χ3n) is 7.24. The maximum Gasteiger partial charge on any atom is 0.286 e. The summed E-state index contributed by atoms with van der Waals surface area (Å²) in [6.07, 6.45) is 9.92. The van der Waals surface area contributed by atoms with E-state index in [0.29, 0.717) is 36.2 Å². The molecule has 156 valence electrons. The molecule has 5 nitrogen and oxygen atoms in total. The number of benzene rings is 1. The van der Waals surface area contributed by atoms with E-state index in [0.717, 1.165) is 29.9 Å². The van der Waals surface area contributed by atoms with Crippen LogP contribution in [0.15, 0.2) is 36.1 Å². The molecule has 3 fully saturated rings. The van der Waals surface area contributed by atoms with E-state index in [4.69, 9.17) is 9.47 Å². The maximum atomic E-state index is 12.9. The van der Waals surface area contributed by atoms with Crippen molar-refractivity contribution in [3.8, 4) is 0 Å². The first kappa shape index (κ1) is 19.1. The van der Waals surface area contributed by atoms with E-state index in [-0.39, 0.29) is 18.8 Å². The molecule has 5 rings (SSSR count). The van der Waals surface area contributed by atoms with Gasteiger partial charge in [0.05, 0.1) is 13.2 Å². The lowest BCUT2D eigenvalue weighted by molar-refractivity contribution is -0.154. The van der Waals surface area contributed by atoms with E-state index >= 15 is 0 Å². The molecule has 0 aromatic heterocycles. The van der Waals surface area contributed by atoms with Gasteiger partial charge in [-0.25, -0.2) is 0 Å². The topological polar surface area (TPSA) is 67.8 Å². The van der Waals surface area contributed by atoms with Gasteiger partial charge in [-0.05, 0) is 73.0 Å². The fourth-order valence-electron chi connectivity index (χ4n) is 5.39. The molecule has 1 heterocycles. The number of rotatable bonds is 7. The number of allylic oxidation sites excluding steroid dienone is 1. The number of hydrogen-bond donors (Lipinski definition) is 2. The highest BCUT2D eigenvalue weighted by Crippen LogP contribution is 2.45. The molecule has 1 aliphatic heterocycles. The smallest absolute Gasteiger partial charge is 0.286 e. The normalized spacial score (nSPS) is 33.3. The number of carbonyl (C=O) groups is 1. The molecular weight excluding hydrogens is 366 g/mol. The summed E-state index contributed by atoms with van der Waals surface area (Å²) in [4.78, 5) is 12.9. The van der Waals surface area contributed by atoms with Crippen LogP contribution in [0.2, 0.25) is 0 Å². The first-order valence-corrected chi connectivity index (χ1v) is 11.2. The Morgan fingerprint density at radius 1 is 1.03 bits per heavy atom. The zero-order chi connectivity index (χ0) is 19.8. The largest absolute Gasteiger partial charge is 0.459 e. The molecule has 3 aliphatic carbocycles. The predicted octanol–water partition coefficient (Wildman–Crippen LogP) is 3.66. The Balaban J connectivity index is 1.20. The second-order valence-electron chi connectivity index (χ2n) is 9.36. The maximum absolute atomic E-state index is 12.9. The van der Waals surface area contributed by atoms with Gasteiger partial charge in [0.25, 0.3) is 5.91 Å². The van der Waals surface area contributed by atoms with E-state index in [2.05, 4.69) is 11.4 Å². The van der Waals surface area contributed by atoms with Gasteiger partial charge in [-0.3, -0.25) is 4.79 Å². The Kier molecular flexibility index (Phi) is 5.35. The molecule has 5 heteroatoms. The summed E-state index contributed by atoms with van der Waals surface area (Å²) in [5.41, 5.74) is 1.93. The molecule has 4 aliphatic rings. The molecular formula is C24H31NO4. The van der Waals surface area contributed by atoms with Crippen molar-refractivity contribution in [1.29, 1.82) is 0 Å². The lowest BCUT2D eigenvalue weighted by Gasteiger charge is -2.30. The van der Waals surface area contributed by atoms with Crippen molar-refractivity contribution < 1.29 is 19.4 Å². The van der Waals surface area contributed by atoms with Crippen molar-refractivity contribution in [1.82, 2.24) is 5.32 Å². The zero-order valence-corrected chi connectivity index (χ0v) is 16.9. The molecule has 0 saturated heterocycles. The van der Waals surface area contributed by atoms with Gasteiger partial charge >= 0.3 is 0 Å². The minimum Gasteiger partial charge on any atom is -0.459 e. The van der Waals surface area contributed by atoms with Crippen LogP contribution in [0.25, 0.3) is 0 Å². The molecule has 1 aromatic carbocycles. The van der Waals surface area contributed by atoms with Crippen molar-refractivity contribution in [3.05, 3.63) is 47.2 Å². The highest BCUT2D eigenvalue weighted by atomic mass is 16.7. The second-order valence-corrected chi connectivity index (χ2v) is 9.36. The first-order valence-electron chi connectivity index (χ1n) is 11.2. The van der Waals surface area contributed by atoms with Crippen LogP contribution in [0, 0.1) is 23.7 Å². The fourth-order valence-corrected chi connectivity index (χ4v) is 5.39. The van der Waals surface area contributed by atoms with Crippen molar-refractivity contribution in [2.24, 2.45) is 23.7 Å². The number of nitrogens with one attached hydrogen (secondary N) is 1. The van der Waals surface area contributed by atoms with Crippen LogP contribution in [0.5, 0.6) is 0 Å². The molecule has 2 N–H and O–H groups in total. The second kappa shape index (κ2) is 8.11. The zero-order valence-electron chi connectivity index (χ0n) is 16.9. The summed E-state index contributed by atoms with van der Waals surface area (Å²) in [6, 6.07) is 8.05. The Morgan fingerprint density at radius 3 is 2.45 bits per heavy atom. The number of aliphatic hydroxyl groups excluding tert-OH is 1. The number of aliphatic hydroxyl groups is 1. The van der Waals surface area contributed by atoms with Crippen molar-refractivity contribution in [2.75, 3.05) is 0 Å². The van der Waals surface area contributed by atoms with E-state index in [1.54, 1.807) is 0 Å². The summed E-state index contributed by atoms with van der Waals surface area (Å²) in [5.74, 6) is 2.89. The Labute approximate surface area is 172 Å². The van der Waals surface area contributed by atoms with Gasteiger partial charge in [0.1, 0.15) is 0 Å². The van der Waals surface area contributed by atoms with Gasteiger partial charge in [-0.15, -0.1) is 0 Å². The van der Waals surface area contributed by atoms with Gasteiger partial charge in [0.2, 0.25) is 6.29 Å². The first-order chi connectivity index (χ1) is 14.2. The Bertz CT molecular complexity index is 770. The molecule has 0 spiro atoms. The number of carbonyl (C=O) groups excluding carboxylic acids is 1. The van der Waals surface area contributed by atoms with E-state index in [9.17, 15) is 9.90 Å². The average molecular weight is 398 g/mol. The molecule has 1 aromatic rings. The van der Waals surface area contributed by atoms with Crippen LogP contribution in [0.4, 0.5) is 0 Å². The van der Waals surface area contributed by atoms with Crippen LogP contribution in [0.3, 0.4) is 0 Å². The number of amides is 1. The van der Waals surface area contributed by atoms with Crippen LogP contribution in [0.1, 0.15) is 56.1 Å².